The van der Waals surface area contributed by atoms with Gasteiger partial charge in [0.2, 0.25) is 5.28 Å². The molecule has 1 aromatic carbocycles. The van der Waals surface area contributed by atoms with Crippen LogP contribution < -0.4 is 5.32 Å². The Morgan fingerprint density at radius 3 is 2.71 bits per heavy atom. The highest BCUT2D eigenvalue weighted by Gasteiger charge is 2.47. The number of aromatic nitrogens is 4. The number of ether oxygens (including phenoxy) is 1. The van der Waals surface area contributed by atoms with E-state index in [4.69, 9.17) is 26.1 Å². The molecule has 5 N–H and O–H groups in total. The Morgan fingerprint density at radius 2 is 2.03 bits per heavy atom. The molecule has 1 saturated heterocycles. The molecule has 4 rings (SSSR count). The van der Waals surface area contributed by atoms with E-state index in [1.165, 1.54) is 18.3 Å². The SMILES string of the molecule is C[C@H](Cc1cccc(F)c1)Nc1nc(Cl)nc2c1cnn2[C@@H]1O[C@H](COP(=O)(O)CP(=O)(O)O)[C@@H](O)[C@@H]1F. The van der Waals surface area contributed by atoms with Crippen LogP contribution in [0.4, 0.5) is 14.6 Å². The van der Waals surface area contributed by atoms with Crippen LogP contribution >= 0.6 is 26.8 Å². The highest BCUT2D eigenvalue weighted by atomic mass is 35.5. The van der Waals surface area contributed by atoms with E-state index in [0.717, 1.165) is 10.2 Å². The van der Waals surface area contributed by atoms with Gasteiger partial charge < -0.3 is 34.4 Å². The number of rotatable bonds is 10. The quantitative estimate of drug-likeness (QED) is 0.170. The van der Waals surface area contributed by atoms with Crippen molar-refractivity contribution in [3.63, 3.8) is 0 Å². The van der Waals surface area contributed by atoms with Gasteiger partial charge in [0.1, 0.15) is 23.8 Å². The molecule has 3 heterocycles. The van der Waals surface area contributed by atoms with Crippen molar-refractivity contribution in [1.29, 1.82) is 0 Å². The van der Waals surface area contributed by atoms with Gasteiger partial charge in [0, 0.05) is 6.04 Å². The van der Waals surface area contributed by atoms with Crippen molar-refractivity contribution in [2.24, 2.45) is 0 Å². The number of nitrogens with zero attached hydrogens (tertiary/aromatic N) is 4. The van der Waals surface area contributed by atoms with Crippen LogP contribution in [0.1, 0.15) is 18.7 Å². The first-order valence-corrected chi connectivity index (χ1v) is 15.1. The van der Waals surface area contributed by atoms with Crippen molar-refractivity contribution in [2.45, 2.75) is 44.0 Å². The van der Waals surface area contributed by atoms with E-state index in [-0.39, 0.29) is 28.6 Å². The lowest BCUT2D eigenvalue weighted by atomic mass is 10.1. The molecule has 3 aromatic rings. The lowest BCUT2D eigenvalue weighted by Crippen LogP contribution is -2.31. The summed E-state index contributed by atoms with van der Waals surface area (Å²) in [5.74, 6) is -1.55. The molecular formula is C20H24ClF2N5O8P2. The fourth-order valence-corrected chi connectivity index (χ4v) is 6.73. The monoisotopic (exact) mass is 597 g/mol. The van der Waals surface area contributed by atoms with Crippen molar-refractivity contribution in [3.05, 3.63) is 47.1 Å². The summed E-state index contributed by atoms with van der Waals surface area (Å²) in [5, 5.41) is 17.7. The summed E-state index contributed by atoms with van der Waals surface area (Å²) in [6.45, 7) is 1.01. The van der Waals surface area contributed by atoms with Gasteiger partial charge in [-0.1, -0.05) is 12.1 Å². The molecule has 0 spiro atoms. The highest BCUT2D eigenvalue weighted by Crippen LogP contribution is 2.55. The summed E-state index contributed by atoms with van der Waals surface area (Å²) in [7, 11) is -9.63. The molecule has 0 bridgehead atoms. The molecule has 2 aromatic heterocycles. The summed E-state index contributed by atoms with van der Waals surface area (Å²) in [5.41, 5.74) is 0.799. The first-order valence-electron chi connectivity index (χ1n) is 11.1. The van der Waals surface area contributed by atoms with Crippen LogP contribution in [0, 0.1) is 5.82 Å². The summed E-state index contributed by atoms with van der Waals surface area (Å²) in [4.78, 5) is 35.7. The predicted molar refractivity (Wildman–Crippen MR) is 131 cm³/mol. The van der Waals surface area contributed by atoms with E-state index in [1.54, 1.807) is 12.1 Å². The third-order valence-electron chi connectivity index (χ3n) is 5.58. The van der Waals surface area contributed by atoms with Crippen LogP contribution in [0.2, 0.25) is 5.28 Å². The summed E-state index contributed by atoms with van der Waals surface area (Å²) in [6.07, 6.45) is -5.14. The van der Waals surface area contributed by atoms with Gasteiger partial charge in [-0.15, -0.1) is 0 Å². The molecule has 0 radical (unpaired) electrons. The molecule has 1 fully saturated rings. The number of benzene rings is 1. The Labute approximate surface area is 219 Å². The Morgan fingerprint density at radius 1 is 1.29 bits per heavy atom. The smallest absolute Gasteiger partial charge is 0.340 e. The molecule has 1 unspecified atom stereocenters. The minimum Gasteiger partial charge on any atom is -0.387 e. The van der Waals surface area contributed by atoms with Crippen LogP contribution in [0.15, 0.2) is 30.5 Å². The maximum Gasteiger partial charge on any atom is 0.340 e. The van der Waals surface area contributed by atoms with Crippen molar-refractivity contribution < 1.29 is 47.0 Å². The van der Waals surface area contributed by atoms with E-state index in [0.29, 0.717) is 11.8 Å². The molecule has 18 heteroatoms. The lowest BCUT2D eigenvalue weighted by Gasteiger charge is -2.18. The van der Waals surface area contributed by atoms with Gasteiger partial charge in [-0.3, -0.25) is 9.13 Å². The van der Waals surface area contributed by atoms with Crippen molar-refractivity contribution >= 4 is 43.6 Å². The largest absolute Gasteiger partial charge is 0.387 e. The van der Waals surface area contributed by atoms with E-state index < -0.39 is 52.3 Å². The van der Waals surface area contributed by atoms with Crippen molar-refractivity contribution in [3.8, 4) is 0 Å². The number of alkyl halides is 1. The highest BCUT2D eigenvalue weighted by molar-refractivity contribution is 7.70. The number of anilines is 1. The molecule has 0 amide bonds. The zero-order valence-electron chi connectivity index (χ0n) is 19.6. The zero-order valence-corrected chi connectivity index (χ0v) is 22.2. The third kappa shape index (κ3) is 6.92. The van der Waals surface area contributed by atoms with Crippen LogP contribution in [-0.4, -0.2) is 76.5 Å². The molecule has 0 aliphatic carbocycles. The minimum atomic E-state index is -4.88. The van der Waals surface area contributed by atoms with E-state index in [1.807, 2.05) is 6.92 Å². The standard InChI is InChI=1S/C20H24ClF2N5O8P2/c1-10(5-11-3-2-4-12(22)6-11)25-17-13-7-24-28(18(13)27-20(21)26-17)19-15(23)16(29)14(36-19)8-35-38(33,34)9-37(30,31)32/h2-4,6-7,10,14-16,19,29H,5,8-9H2,1H3,(H,33,34)(H,25,26,27)(H2,30,31,32)/t10-,14-,15+,16-,19-/m1/s1. The Hall–Kier alpha value is -2.06. The fourth-order valence-electron chi connectivity index (χ4n) is 4.00. The van der Waals surface area contributed by atoms with E-state index in [2.05, 4.69) is 24.9 Å². The van der Waals surface area contributed by atoms with Crippen LogP contribution in [0.25, 0.3) is 11.0 Å². The van der Waals surface area contributed by atoms with Crippen LogP contribution in [0.5, 0.6) is 0 Å². The average Bonchev–Trinajstić information content (AvgIpc) is 3.32. The summed E-state index contributed by atoms with van der Waals surface area (Å²) < 4.78 is 62.6. The van der Waals surface area contributed by atoms with Gasteiger partial charge in [-0.2, -0.15) is 15.1 Å². The maximum absolute atomic E-state index is 15.0. The van der Waals surface area contributed by atoms with Gasteiger partial charge in [0.25, 0.3) is 0 Å². The first-order chi connectivity index (χ1) is 17.7. The Balaban J connectivity index is 1.51. The number of hydrogen-bond donors (Lipinski definition) is 5. The summed E-state index contributed by atoms with van der Waals surface area (Å²) in [6, 6.07) is 5.88. The maximum atomic E-state index is 15.0. The third-order valence-corrected chi connectivity index (χ3v) is 9.20. The molecule has 208 valence electrons. The Bertz CT molecular complexity index is 1410. The molecule has 6 atom stereocenters. The van der Waals surface area contributed by atoms with Crippen molar-refractivity contribution in [2.75, 3.05) is 17.8 Å². The first kappa shape index (κ1) is 28.9. The van der Waals surface area contributed by atoms with Crippen molar-refractivity contribution in [1.82, 2.24) is 19.7 Å². The number of aliphatic hydroxyl groups excluding tert-OH is 1. The van der Waals surface area contributed by atoms with Gasteiger partial charge in [0.15, 0.2) is 23.9 Å². The zero-order chi connectivity index (χ0) is 27.8. The normalized spacial score (nSPS) is 24.4. The second kappa shape index (κ2) is 11.2. The number of nitrogens with one attached hydrogen (secondary N) is 1. The fraction of sp³-hybridized carbons (Fsp3) is 0.450. The lowest BCUT2D eigenvalue weighted by molar-refractivity contribution is -0.0472. The molecule has 13 nitrogen and oxygen atoms in total. The second-order valence-electron chi connectivity index (χ2n) is 8.79. The van der Waals surface area contributed by atoms with Gasteiger partial charge in [-0.05, 0) is 42.6 Å². The van der Waals surface area contributed by atoms with Gasteiger partial charge in [0.05, 0.1) is 18.2 Å². The molecule has 1 aliphatic rings. The molecule has 1 aliphatic heterocycles. The predicted octanol–water partition coefficient (Wildman–Crippen LogP) is 2.60. The van der Waals surface area contributed by atoms with Crippen LogP contribution in [0.3, 0.4) is 0 Å². The van der Waals surface area contributed by atoms with E-state index >= 15 is 4.39 Å². The second-order valence-corrected chi connectivity index (χ2v) is 13.1. The number of hydrogen-bond acceptors (Lipinski definition) is 9. The molecular weight excluding hydrogens is 574 g/mol. The Kier molecular flexibility index (Phi) is 8.53. The number of halogens is 3. The average molecular weight is 598 g/mol. The van der Waals surface area contributed by atoms with E-state index in [9.17, 15) is 23.5 Å². The number of fused-ring (bicyclic) bond motifs is 1. The number of aliphatic hydroxyl groups is 1. The topological polar surface area (TPSA) is 189 Å². The molecule has 38 heavy (non-hydrogen) atoms. The minimum absolute atomic E-state index is 0.0567. The molecule has 0 saturated carbocycles. The van der Waals surface area contributed by atoms with Gasteiger partial charge >= 0.3 is 15.2 Å². The van der Waals surface area contributed by atoms with Gasteiger partial charge in [-0.25, -0.2) is 13.5 Å². The van der Waals surface area contributed by atoms with Crippen LogP contribution in [-0.2, 0) is 24.8 Å². The summed E-state index contributed by atoms with van der Waals surface area (Å²) >= 11 is 6.09.